The van der Waals surface area contributed by atoms with Crippen molar-refractivity contribution < 1.29 is 17.6 Å². The van der Waals surface area contributed by atoms with Crippen molar-refractivity contribution in [3.63, 3.8) is 0 Å². The molecule has 0 atom stereocenters. The summed E-state index contributed by atoms with van der Waals surface area (Å²) in [5, 5.41) is 7.93. The van der Waals surface area contributed by atoms with Crippen LogP contribution in [0.5, 0.6) is 0 Å². The van der Waals surface area contributed by atoms with Crippen LogP contribution < -0.4 is 5.32 Å². The van der Waals surface area contributed by atoms with Crippen LogP contribution in [0.3, 0.4) is 0 Å². The van der Waals surface area contributed by atoms with Crippen LogP contribution in [0.15, 0.2) is 59.8 Å². The van der Waals surface area contributed by atoms with Crippen molar-refractivity contribution in [3.8, 4) is 0 Å². The van der Waals surface area contributed by atoms with E-state index in [2.05, 4.69) is 20.5 Å². The Morgan fingerprint density at radius 1 is 1.12 bits per heavy atom. The molecular weight excluding hydrogens is 347 g/mol. The van der Waals surface area contributed by atoms with E-state index in [-0.39, 0.29) is 22.4 Å². The summed E-state index contributed by atoms with van der Waals surface area (Å²) in [5.74, 6) is -1.67. The van der Waals surface area contributed by atoms with Gasteiger partial charge in [0.25, 0.3) is 5.91 Å². The molecule has 0 fully saturated rings. The van der Waals surface area contributed by atoms with Crippen LogP contribution in [-0.4, -0.2) is 29.5 Å². The van der Waals surface area contributed by atoms with E-state index >= 15 is 0 Å². The molecule has 0 aliphatic rings. The lowest BCUT2D eigenvalue weighted by Gasteiger charge is -2.01. The van der Waals surface area contributed by atoms with Gasteiger partial charge in [-0.25, -0.2) is 17.9 Å². The quantitative estimate of drug-likeness (QED) is 0.725. The standard InChI is InChI=1S/C16H13FN4O3S/c17-13-8-4-7-12(9-13)14(22)18-15-19-16(21-20-15)25(23,24)10-11-5-2-1-3-6-11/h1-9H,10H2,(H2,18,19,20,21,22). The molecule has 1 heterocycles. The maximum Gasteiger partial charge on any atom is 0.258 e. The Morgan fingerprint density at radius 2 is 1.88 bits per heavy atom. The smallest absolute Gasteiger partial charge is 0.258 e. The first-order valence-electron chi connectivity index (χ1n) is 7.20. The van der Waals surface area contributed by atoms with E-state index in [1.807, 2.05) is 0 Å². The number of hydrogen-bond donors (Lipinski definition) is 2. The third kappa shape index (κ3) is 4.07. The SMILES string of the molecule is O=C(Nc1n[nH]c(S(=O)(=O)Cc2ccccc2)n1)c1cccc(F)c1. The average Bonchev–Trinajstić information content (AvgIpc) is 3.05. The lowest BCUT2D eigenvalue weighted by molar-refractivity contribution is 0.102. The molecule has 128 valence electrons. The predicted octanol–water partition coefficient (Wildman–Crippen LogP) is 2.17. The van der Waals surface area contributed by atoms with E-state index < -0.39 is 21.6 Å². The molecule has 0 saturated carbocycles. The van der Waals surface area contributed by atoms with E-state index in [4.69, 9.17) is 0 Å². The number of carbonyl (C=O) groups excluding carboxylic acids is 1. The molecule has 2 N–H and O–H groups in total. The first kappa shape index (κ1) is 16.8. The van der Waals surface area contributed by atoms with Crippen LogP contribution in [0, 0.1) is 5.82 Å². The maximum absolute atomic E-state index is 13.1. The number of rotatable bonds is 5. The molecule has 0 unspecified atom stereocenters. The number of aromatic nitrogens is 3. The number of benzene rings is 2. The number of sulfone groups is 1. The molecule has 0 spiro atoms. The summed E-state index contributed by atoms with van der Waals surface area (Å²) in [4.78, 5) is 15.8. The van der Waals surface area contributed by atoms with Gasteiger partial charge in [-0.2, -0.15) is 4.98 Å². The van der Waals surface area contributed by atoms with Crippen molar-refractivity contribution in [2.45, 2.75) is 10.9 Å². The summed E-state index contributed by atoms with van der Waals surface area (Å²) in [6, 6.07) is 13.7. The minimum absolute atomic E-state index is 0.0680. The Morgan fingerprint density at radius 3 is 2.60 bits per heavy atom. The minimum Gasteiger partial charge on any atom is -0.289 e. The highest BCUT2D eigenvalue weighted by Gasteiger charge is 2.21. The fourth-order valence-corrected chi connectivity index (χ4v) is 3.29. The molecule has 2 aromatic carbocycles. The fourth-order valence-electron chi connectivity index (χ4n) is 2.11. The van der Waals surface area contributed by atoms with Crippen LogP contribution in [-0.2, 0) is 15.6 Å². The van der Waals surface area contributed by atoms with Gasteiger partial charge in [0.1, 0.15) is 5.82 Å². The number of aromatic amines is 1. The van der Waals surface area contributed by atoms with E-state index in [9.17, 15) is 17.6 Å². The van der Waals surface area contributed by atoms with E-state index in [0.717, 1.165) is 6.07 Å². The van der Waals surface area contributed by atoms with Crippen LogP contribution in [0.2, 0.25) is 0 Å². The molecule has 1 aromatic heterocycles. The topological polar surface area (TPSA) is 105 Å². The molecule has 0 bridgehead atoms. The number of carbonyl (C=O) groups is 1. The first-order chi connectivity index (χ1) is 11.9. The van der Waals surface area contributed by atoms with Gasteiger partial charge in [0.2, 0.25) is 20.9 Å². The van der Waals surface area contributed by atoms with E-state index in [1.165, 1.54) is 18.2 Å². The lowest BCUT2D eigenvalue weighted by Crippen LogP contribution is -2.13. The zero-order chi connectivity index (χ0) is 17.9. The Labute approximate surface area is 142 Å². The van der Waals surface area contributed by atoms with Crippen LogP contribution in [0.1, 0.15) is 15.9 Å². The molecule has 25 heavy (non-hydrogen) atoms. The summed E-state index contributed by atoms with van der Waals surface area (Å²) in [7, 11) is -3.74. The van der Waals surface area contributed by atoms with Gasteiger partial charge in [0, 0.05) is 5.56 Å². The van der Waals surface area contributed by atoms with Gasteiger partial charge in [-0.3, -0.25) is 10.1 Å². The zero-order valence-corrected chi connectivity index (χ0v) is 13.6. The molecular formula is C16H13FN4O3S. The summed E-state index contributed by atoms with van der Waals surface area (Å²) in [6.45, 7) is 0. The highest BCUT2D eigenvalue weighted by molar-refractivity contribution is 7.90. The van der Waals surface area contributed by atoms with Crippen molar-refractivity contribution in [2.75, 3.05) is 5.32 Å². The van der Waals surface area contributed by atoms with Gasteiger partial charge in [0.05, 0.1) is 5.75 Å². The molecule has 0 saturated heterocycles. The summed E-state index contributed by atoms with van der Waals surface area (Å²) in [5.41, 5.74) is 0.669. The van der Waals surface area contributed by atoms with Crippen molar-refractivity contribution >= 4 is 21.7 Å². The largest absolute Gasteiger partial charge is 0.289 e. The second-order valence-corrected chi connectivity index (χ2v) is 7.08. The Kier molecular flexibility index (Phi) is 4.57. The number of anilines is 1. The average molecular weight is 360 g/mol. The number of nitrogens with zero attached hydrogens (tertiary/aromatic N) is 2. The van der Waals surface area contributed by atoms with Crippen LogP contribution in [0.4, 0.5) is 10.3 Å². The zero-order valence-electron chi connectivity index (χ0n) is 12.8. The van der Waals surface area contributed by atoms with Gasteiger partial charge < -0.3 is 0 Å². The summed E-state index contributed by atoms with van der Waals surface area (Å²) < 4.78 is 37.8. The number of H-pyrrole nitrogens is 1. The van der Waals surface area contributed by atoms with Crippen molar-refractivity contribution in [3.05, 3.63) is 71.5 Å². The normalized spacial score (nSPS) is 11.2. The summed E-state index contributed by atoms with van der Waals surface area (Å²) >= 11 is 0. The highest BCUT2D eigenvalue weighted by atomic mass is 32.2. The van der Waals surface area contributed by atoms with Gasteiger partial charge in [-0.15, -0.1) is 5.10 Å². The minimum atomic E-state index is -3.74. The number of halogens is 1. The summed E-state index contributed by atoms with van der Waals surface area (Å²) in [6.07, 6.45) is 0. The number of amides is 1. The van der Waals surface area contributed by atoms with Crippen LogP contribution in [0.25, 0.3) is 0 Å². The third-order valence-corrected chi connectivity index (χ3v) is 4.76. The lowest BCUT2D eigenvalue weighted by atomic mass is 10.2. The first-order valence-corrected chi connectivity index (χ1v) is 8.85. The van der Waals surface area contributed by atoms with E-state index in [1.54, 1.807) is 30.3 Å². The Balaban J connectivity index is 1.75. The van der Waals surface area contributed by atoms with Crippen LogP contribution >= 0.6 is 0 Å². The van der Waals surface area contributed by atoms with Crippen molar-refractivity contribution in [1.29, 1.82) is 0 Å². The molecule has 3 rings (SSSR count). The molecule has 9 heteroatoms. The monoisotopic (exact) mass is 360 g/mol. The molecule has 3 aromatic rings. The Bertz CT molecular complexity index is 1000. The molecule has 7 nitrogen and oxygen atoms in total. The van der Waals surface area contributed by atoms with Crippen molar-refractivity contribution in [2.24, 2.45) is 0 Å². The molecule has 0 aliphatic carbocycles. The van der Waals surface area contributed by atoms with Gasteiger partial charge in [0.15, 0.2) is 0 Å². The highest BCUT2D eigenvalue weighted by Crippen LogP contribution is 2.14. The molecule has 0 aliphatic heterocycles. The number of nitrogens with one attached hydrogen (secondary N) is 2. The molecule has 0 radical (unpaired) electrons. The van der Waals surface area contributed by atoms with Gasteiger partial charge in [-0.05, 0) is 23.8 Å². The predicted molar refractivity (Wildman–Crippen MR) is 88.1 cm³/mol. The Hall–Kier alpha value is -3.07. The second-order valence-electron chi connectivity index (χ2n) is 5.17. The second kappa shape index (κ2) is 6.81. The van der Waals surface area contributed by atoms with E-state index in [0.29, 0.717) is 5.56 Å². The fraction of sp³-hybridized carbons (Fsp3) is 0.0625. The third-order valence-electron chi connectivity index (χ3n) is 3.27. The number of hydrogen-bond acceptors (Lipinski definition) is 5. The van der Waals surface area contributed by atoms with Crippen molar-refractivity contribution in [1.82, 2.24) is 15.2 Å². The molecule has 1 amide bonds. The van der Waals surface area contributed by atoms with Gasteiger partial charge in [-0.1, -0.05) is 36.4 Å². The van der Waals surface area contributed by atoms with Gasteiger partial charge >= 0.3 is 0 Å². The maximum atomic E-state index is 13.1.